The van der Waals surface area contributed by atoms with Crippen LogP contribution in [0, 0.1) is 0 Å². The van der Waals surface area contributed by atoms with E-state index in [0.29, 0.717) is 17.8 Å². The molecule has 0 amide bonds. The zero-order chi connectivity index (χ0) is 11.1. The summed E-state index contributed by atoms with van der Waals surface area (Å²) in [6.45, 7) is 0.582. The van der Waals surface area contributed by atoms with Crippen LogP contribution in [-0.2, 0) is 4.74 Å². The highest BCUT2D eigenvalue weighted by atomic mass is 35.5. The number of anilines is 1. The molecule has 0 spiro atoms. The molecule has 1 aliphatic heterocycles. The van der Waals surface area contributed by atoms with E-state index < -0.39 is 0 Å². The van der Waals surface area contributed by atoms with Gasteiger partial charge in [0.2, 0.25) is 5.95 Å². The Balaban J connectivity index is 2.22. The molecule has 1 atom stereocenters. The molecule has 3 rings (SSSR count). The summed E-state index contributed by atoms with van der Waals surface area (Å²) in [5, 5.41) is 0.253. The minimum Gasteiger partial charge on any atom is -0.368 e. The monoisotopic (exact) mass is 237 g/mol. The van der Waals surface area contributed by atoms with Crippen LogP contribution < -0.4 is 5.73 Å². The first kappa shape index (κ1) is 9.56. The number of halogens is 1. The van der Waals surface area contributed by atoms with Crippen LogP contribution in [0.4, 0.5) is 5.95 Å². The fraction of sp³-hybridized carbons (Fsp3) is 0.222. The second kappa shape index (κ2) is 3.43. The van der Waals surface area contributed by atoms with E-state index in [9.17, 15) is 0 Å². The fourth-order valence-electron chi connectivity index (χ4n) is 1.64. The topological polar surface area (TPSA) is 78.8 Å². The maximum Gasteiger partial charge on any atom is 0.223 e. The van der Waals surface area contributed by atoms with Gasteiger partial charge in [-0.2, -0.15) is 9.97 Å². The first-order chi connectivity index (χ1) is 7.75. The summed E-state index contributed by atoms with van der Waals surface area (Å²) < 4.78 is 7.22. The summed E-state index contributed by atoms with van der Waals surface area (Å²) in [6, 6.07) is 0. The minimum atomic E-state index is -0.199. The average molecular weight is 238 g/mol. The highest BCUT2D eigenvalue weighted by Gasteiger charge is 2.17. The molecule has 82 valence electrons. The van der Waals surface area contributed by atoms with Crippen molar-refractivity contribution >= 4 is 28.7 Å². The molecule has 0 saturated carbocycles. The summed E-state index contributed by atoms with van der Waals surface area (Å²) >= 11 is 5.92. The Bertz CT molecular complexity index is 579. The van der Waals surface area contributed by atoms with Gasteiger partial charge < -0.3 is 10.5 Å². The summed E-state index contributed by atoms with van der Waals surface area (Å²) in [6.07, 6.45) is 5.27. The number of imidazole rings is 1. The summed E-state index contributed by atoms with van der Waals surface area (Å²) in [5.41, 5.74) is 6.65. The SMILES string of the molecule is Nc1nc(Cl)c2ncn(C3C=CCO3)c2n1. The van der Waals surface area contributed by atoms with Crippen LogP contribution >= 0.6 is 11.6 Å². The number of nitrogens with two attached hydrogens (primary N) is 1. The molecule has 0 aliphatic carbocycles. The van der Waals surface area contributed by atoms with Crippen molar-refractivity contribution in [2.24, 2.45) is 0 Å². The first-order valence-electron chi connectivity index (χ1n) is 4.69. The lowest BCUT2D eigenvalue weighted by Gasteiger charge is -2.10. The lowest BCUT2D eigenvalue weighted by atomic mass is 10.5. The quantitative estimate of drug-likeness (QED) is 0.595. The second-order valence-corrected chi connectivity index (χ2v) is 3.71. The predicted molar refractivity (Wildman–Crippen MR) is 58.9 cm³/mol. The van der Waals surface area contributed by atoms with Gasteiger partial charge in [-0.1, -0.05) is 17.7 Å². The van der Waals surface area contributed by atoms with Gasteiger partial charge in [-0.05, 0) is 6.08 Å². The number of rotatable bonds is 1. The van der Waals surface area contributed by atoms with E-state index in [1.54, 1.807) is 10.9 Å². The molecule has 0 bridgehead atoms. The highest BCUT2D eigenvalue weighted by Crippen LogP contribution is 2.24. The van der Waals surface area contributed by atoms with Crippen molar-refractivity contribution < 1.29 is 4.74 Å². The number of nitrogen functional groups attached to an aromatic ring is 1. The molecule has 6 nitrogen and oxygen atoms in total. The molecule has 0 fully saturated rings. The Labute approximate surface area is 95.7 Å². The largest absolute Gasteiger partial charge is 0.368 e. The molecular formula is C9H8ClN5O. The maximum absolute atomic E-state index is 5.92. The van der Waals surface area contributed by atoms with E-state index in [2.05, 4.69) is 15.0 Å². The normalized spacial score (nSPS) is 19.7. The molecule has 7 heteroatoms. The fourth-order valence-corrected chi connectivity index (χ4v) is 1.86. The lowest BCUT2D eigenvalue weighted by Crippen LogP contribution is -2.07. The standard InChI is InChI=1S/C9H8ClN5O/c10-7-6-8(14-9(11)13-7)15(4-12-6)5-2-1-3-16-5/h1-2,4-5H,3H2,(H2,11,13,14). The summed E-state index contributed by atoms with van der Waals surface area (Å²) in [7, 11) is 0. The van der Waals surface area contributed by atoms with E-state index in [1.807, 2.05) is 12.2 Å². The zero-order valence-electron chi connectivity index (χ0n) is 8.17. The first-order valence-corrected chi connectivity index (χ1v) is 5.07. The van der Waals surface area contributed by atoms with Gasteiger partial charge in [-0.3, -0.25) is 4.57 Å². The predicted octanol–water partition coefficient (Wildman–Crippen LogP) is 1.15. The molecule has 0 aromatic carbocycles. The van der Waals surface area contributed by atoms with Gasteiger partial charge in [-0.25, -0.2) is 4.98 Å². The number of ether oxygens (including phenoxy) is 1. The van der Waals surface area contributed by atoms with Gasteiger partial charge >= 0.3 is 0 Å². The molecule has 16 heavy (non-hydrogen) atoms. The number of hydrogen-bond acceptors (Lipinski definition) is 5. The highest BCUT2D eigenvalue weighted by molar-refractivity contribution is 6.33. The molecule has 2 aromatic heterocycles. The van der Waals surface area contributed by atoms with Crippen LogP contribution in [0.3, 0.4) is 0 Å². The molecule has 2 N–H and O–H groups in total. The van der Waals surface area contributed by atoms with Gasteiger partial charge in [0.1, 0.15) is 5.52 Å². The smallest absolute Gasteiger partial charge is 0.223 e. The second-order valence-electron chi connectivity index (χ2n) is 3.35. The van der Waals surface area contributed by atoms with E-state index in [4.69, 9.17) is 22.1 Å². The Morgan fingerprint density at radius 2 is 2.38 bits per heavy atom. The average Bonchev–Trinajstić information content (AvgIpc) is 2.83. The minimum absolute atomic E-state index is 0.126. The van der Waals surface area contributed by atoms with Gasteiger partial charge in [0.05, 0.1) is 12.9 Å². The van der Waals surface area contributed by atoms with Crippen molar-refractivity contribution in [2.75, 3.05) is 12.3 Å². The molecule has 0 saturated heterocycles. The van der Waals surface area contributed by atoms with Crippen LogP contribution in [0.1, 0.15) is 6.23 Å². The van der Waals surface area contributed by atoms with E-state index in [0.717, 1.165) is 0 Å². The van der Waals surface area contributed by atoms with Crippen LogP contribution in [0.15, 0.2) is 18.5 Å². The van der Waals surface area contributed by atoms with Crippen LogP contribution in [-0.4, -0.2) is 26.1 Å². The molecule has 1 unspecified atom stereocenters. The number of aromatic nitrogens is 4. The van der Waals surface area contributed by atoms with Crippen molar-refractivity contribution in [1.29, 1.82) is 0 Å². The Morgan fingerprint density at radius 1 is 1.50 bits per heavy atom. The Hall–Kier alpha value is -1.66. The maximum atomic E-state index is 5.92. The zero-order valence-corrected chi connectivity index (χ0v) is 8.92. The molecule has 1 aliphatic rings. The molecule has 2 aromatic rings. The van der Waals surface area contributed by atoms with Crippen LogP contribution in [0.2, 0.25) is 5.15 Å². The number of fused-ring (bicyclic) bond motifs is 1. The summed E-state index contributed by atoms with van der Waals surface area (Å²) in [4.78, 5) is 12.1. The third kappa shape index (κ3) is 1.35. The molecule has 3 heterocycles. The van der Waals surface area contributed by atoms with Crippen molar-refractivity contribution in [2.45, 2.75) is 6.23 Å². The van der Waals surface area contributed by atoms with Crippen molar-refractivity contribution in [3.63, 3.8) is 0 Å². The van der Waals surface area contributed by atoms with E-state index in [1.165, 1.54) is 0 Å². The third-order valence-electron chi connectivity index (χ3n) is 2.33. The Kier molecular flexibility index (Phi) is 2.05. The van der Waals surface area contributed by atoms with Gasteiger partial charge in [0.15, 0.2) is 17.0 Å². The van der Waals surface area contributed by atoms with E-state index >= 15 is 0 Å². The van der Waals surface area contributed by atoms with Crippen LogP contribution in [0.25, 0.3) is 11.2 Å². The van der Waals surface area contributed by atoms with Crippen molar-refractivity contribution in [3.8, 4) is 0 Å². The van der Waals surface area contributed by atoms with Crippen LogP contribution in [0.5, 0.6) is 0 Å². The number of nitrogens with zero attached hydrogens (tertiary/aromatic N) is 4. The summed E-state index contributed by atoms with van der Waals surface area (Å²) in [5.74, 6) is 0.126. The number of hydrogen-bond donors (Lipinski definition) is 1. The van der Waals surface area contributed by atoms with E-state index in [-0.39, 0.29) is 17.3 Å². The third-order valence-corrected chi connectivity index (χ3v) is 2.60. The van der Waals surface area contributed by atoms with Crippen molar-refractivity contribution in [3.05, 3.63) is 23.6 Å². The van der Waals surface area contributed by atoms with Gasteiger partial charge in [0.25, 0.3) is 0 Å². The molecular weight excluding hydrogens is 230 g/mol. The lowest BCUT2D eigenvalue weighted by molar-refractivity contribution is 0.0787. The Morgan fingerprint density at radius 3 is 3.12 bits per heavy atom. The van der Waals surface area contributed by atoms with Gasteiger partial charge in [0, 0.05) is 0 Å². The molecule has 0 radical (unpaired) electrons. The van der Waals surface area contributed by atoms with Gasteiger partial charge in [-0.15, -0.1) is 0 Å². The van der Waals surface area contributed by atoms with Crippen molar-refractivity contribution in [1.82, 2.24) is 19.5 Å².